The zero-order chi connectivity index (χ0) is 28.4. The maximum atomic E-state index is 14.3. The Bertz CT molecular complexity index is 1030. The number of nitrogens with one attached hydrogen (secondary N) is 3. The third-order valence-corrected chi connectivity index (χ3v) is 13.1. The van der Waals surface area contributed by atoms with Gasteiger partial charge in [-0.2, -0.15) is 0 Å². The number of ether oxygens (including phenoxy) is 1. The molecule has 0 radical (unpaired) electrons. The van der Waals surface area contributed by atoms with E-state index in [4.69, 9.17) is 9.84 Å². The predicted molar refractivity (Wildman–Crippen MR) is 151 cm³/mol. The molecule has 0 aromatic rings. The molecule has 0 aromatic heterocycles. The van der Waals surface area contributed by atoms with Gasteiger partial charge in [-0.15, -0.1) is 0 Å². The van der Waals surface area contributed by atoms with Gasteiger partial charge in [0.1, 0.15) is 17.9 Å². The van der Waals surface area contributed by atoms with Crippen LogP contribution in [0.3, 0.4) is 0 Å². The lowest BCUT2D eigenvalue weighted by atomic mass is 9.44. The second kappa shape index (κ2) is 10.3. The fourth-order valence-corrected chi connectivity index (χ4v) is 10.9. The molecular formula is C32H51N3O5. The first-order valence-electron chi connectivity index (χ1n) is 16.1. The Balaban J connectivity index is 1.13. The van der Waals surface area contributed by atoms with Crippen molar-refractivity contribution in [1.29, 1.82) is 0 Å². The minimum Gasteiger partial charge on any atom is -0.395 e. The van der Waals surface area contributed by atoms with E-state index in [9.17, 15) is 14.4 Å². The van der Waals surface area contributed by atoms with E-state index in [0.29, 0.717) is 53.6 Å². The van der Waals surface area contributed by atoms with Crippen molar-refractivity contribution in [3.8, 4) is 0 Å². The molecule has 6 fully saturated rings. The summed E-state index contributed by atoms with van der Waals surface area (Å²) >= 11 is 0. The maximum absolute atomic E-state index is 14.3. The Morgan fingerprint density at radius 3 is 2.58 bits per heavy atom. The Kier molecular flexibility index (Phi) is 7.39. The summed E-state index contributed by atoms with van der Waals surface area (Å²) in [6.07, 6.45) is 9.09. The van der Waals surface area contributed by atoms with Crippen molar-refractivity contribution in [2.45, 2.75) is 110 Å². The van der Waals surface area contributed by atoms with Gasteiger partial charge in [0.25, 0.3) is 0 Å². The minimum atomic E-state index is -0.351. The number of Topliss-reactive ketones (excluding diaryl/α,β-unsaturated/α-hetero) is 1. The Morgan fingerprint density at radius 2 is 1.85 bits per heavy atom. The highest BCUT2D eigenvalue weighted by atomic mass is 16.5. The number of ketones is 1. The van der Waals surface area contributed by atoms with Crippen LogP contribution in [0.15, 0.2) is 0 Å². The average Bonchev–Trinajstić information content (AvgIpc) is 3.36. The number of carbonyl (C=O) groups excluding carboxylic acids is 3. The van der Waals surface area contributed by atoms with Gasteiger partial charge in [0.15, 0.2) is 0 Å². The van der Waals surface area contributed by atoms with Crippen LogP contribution in [-0.4, -0.2) is 60.3 Å². The van der Waals surface area contributed by atoms with Crippen molar-refractivity contribution in [2.75, 3.05) is 19.7 Å². The first kappa shape index (κ1) is 28.6. The fraction of sp³-hybridized carbons (Fsp3) is 0.906. The van der Waals surface area contributed by atoms with Gasteiger partial charge in [-0.25, -0.2) is 0 Å². The number of hydrogen-bond acceptors (Lipinski definition) is 6. The van der Waals surface area contributed by atoms with Crippen LogP contribution in [0.25, 0.3) is 0 Å². The summed E-state index contributed by atoms with van der Waals surface area (Å²) in [5.41, 5.74) is -0.421. The first-order valence-corrected chi connectivity index (χ1v) is 16.1. The van der Waals surface area contributed by atoms with E-state index < -0.39 is 0 Å². The average molecular weight is 558 g/mol. The fourth-order valence-electron chi connectivity index (χ4n) is 10.9. The third kappa shape index (κ3) is 4.38. The van der Waals surface area contributed by atoms with Gasteiger partial charge >= 0.3 is 0 Å². The Labute approximate surface area is 239 Å². The largest absolute Gasteiger partial charge is 0.395 e. The molecule has 2 aliphatic heterocycles. The summed E-state index contributed by atoms with van der Waals surface area (Å²) in [7, 11) is 0. The summed E-state index contributed by atoms with van der Waals surface area (Å²) in [5.74, 6) is 3.09. The molecule has 8 nitrogen and oxygen atoms in total. The number of fused-ring (bicyclic) bond motifs is 7. The van der Waals surface area contributed by atoms with E-state index >= 15 is 0 Å². The van der Waals surface area contributed by atoms with E-state index in [1.54, 1.807) is 0 Å². The van der Waals surface area contributed by atoms with Gasteiger partial charge in [-0.1, -0.05) is 27.7 Å². The van der Waals surface area contributed by atoms with Gasteiger partial charge in [0.2, 0.25) is 11.8 Å². The summed E-state index contributed by atoms with van der Waals surface area (Å²) in [4.78, 5) is 38.7. The van der Waals surface area contributed by atoms with Crippen LogP contribution < -0.4 is 16.0 Å². The number of carbonyl (C=O) groups is 3. The van der Waals surface area contributed by atoms with Gasteiger partial charge in [-0.3, -0.25) is 19.7 Å². The zero-order valence-corrected chi connectivity index (χ0v) is 25.0. The maximum Gasteiger partial charge on any atom is 0.229 e. The normalized spacial score (nSPS) is 49.5. The molecule has 8 heteroatoms. The Hall–Kier alpha value is -1.51. The monoisotopic (exact) mass is 557 g/mol. The molecule has 4 aliphatic carbocycles. The van der Waals surface area contributed by atoms with Crippen LogP contribution in [0, 0.1) is 52.3 Å². The quantitative estimate of drug-likeness (QED) is 0.386. The van der Waals surface area contributed by atoms with E-state index in [1.807, 2.05) is 0 Å². The molecule has 1 spiro atoms. The summed E-state index contributed by atoms with van der Waals surface area (Å²) in [5, 5.41) is 18.3. The third-order valence-electron chi connectivity index (χ3n) is 13.1. The highest BCUT2D eigenvalue weighted by molar-refractivity contribution is 5.97. The van der Waals surface area contributed by atoms with E-state index in [-0.39, 0.29) is 60.1 Å². The highest BCUT2D eigenvalue weighted by Gasteiger charge is 2.71. The van der Waals surface area contributed by atoms with Crippen LogP contribution >= 0.6 is 0 Å². The van der Waals surface area contributed by atoms with Crippen molar-refractivity contribution in [3.63, 3.8) is 0 Å². The summed E-state index contributed by atoms with van der Waals surface area (Å²) < 4.78 is 6.95. The van der Waals surface area contributed by atoms with Crippen molar-refractivity contribution >= 4 is 17.6 Å². The SMILES string of the molecule is C[C@H]1CC[C@@]2(NC1)O[C@H]1C[C@H]3[C@@H]4CC[C@@H]5C[C@H](NC(=O)CC(=O)NCCO)CC[C@]5(C)[C@H]4CC(=O)[C@]3(C)[C@H]1[C@@H]2C. The van der Waals surface area contributed by atoms with E-state index in [2.05, 4.69) is 43.6 Å². The number of aliphatic hydroxyl groups is 1. The van der Waals surface area contributed by atoms with Crippen LogP contribution in [0.4, 0.5) is 0 Å². The molecule has 4 N–H and O–H groups in total. The zero-order valence-electron chi connectivity index (χ0n) is 25.0. The lowest BCUT2D eigenvalue weighted by Gasteiger charge is -2.60. The number of aliphatic hydroxyl groups excluding tert-OH is 1. The van der Waals surface area contributed by atoms with Crippen LogP contribution in [0.2, 0.25) is 0 Å². The molecule has 0 bridgehead atoms. The number of piperidine rings is 1. The Morgan fingerprint density at radius 1 is 1.05 bits per heavy atom. The number of rotatable bonds is 5. The molecule has 224 valence electrons. The van der Waals surface area contributed by atoms with Crippen molar-refractivity contribution in [1.82, 2.24) is 16.0 Å². The topological polar surface area (TPSA) is 117 Å². The molecule has 12 atom stereocenters. The van der Waals surface area contributed by atoms with Crippen molar-refractivity contribution in [3.05, 3.63) is 0 Å². The van der Waals surface area contributed by atoms with Gasteiger partial charge in [0, 0.05) is 42.8 Å². The standard InChI is InChI=1S/C32H51N3O5/c1-18-7-10-32(34-17-18)19(2)29-25(40-32)14-24-22-6-5-20-13-21(35-28(39)16-27(38)33-11-12-36)8-9-30(20,3)23(22)15-26(37)31(24,29)4/h18-25,29,34,36H,5-17H2,1-4H3,(H,33,38)(H,35,39)/t18-,19-,20+,21+,22+,23-,24-,25-,29-,30-,31+,32+/m0/s1. The van der Waals surface area contributed by atoms with E-state index in [0.717, 1.165) is 51.5 Å². The van der Waals surface area contributed by atoms with Crippen LogP contribution in [-0.2, 0) is 19.1 Å². The highest BCUT2D eigenvalue weighted by Crippen LogP contribution is 2.70. The van der Waals surface area contributed by atoms with Gasteiger partial charge in [0.05, 0.1) is 12.7 Å². The number of hydrogen-bond donors (Lipinski definition) is 4. The van der Waals surface area contributed by atoms with Crippen molar-refractivity contribution in [2.24, 2.45) is 52.3 Å². The summed E-state index contributed by atoms with van der Waals surface area (Å²) in [6.45, 7) is 10.4. The second-order valence-electron chi connectivity index (χ2n) is 15.0. The smallest absolute Gasteiger partial charge is 0.229 e. The molecule has 2 heterocycles. The lowest BCUT2D eigenvalue weighted by Crippen LogP contribution is -2.60. The predicted octanol–water partition coefficient (Wildman–Crippen LogP) is 3.17. The number of amides is 2. The molecule has 0 aromatic carbocycles. The van der Waals surface area contributed by atoms with Gasteiger partial charge in [-0.05, 0) is 86.4 Å². The minimum absolute atomic E-state index is 0.0827. The molecule has 6 rings (SSSR count). The lowest BCUT2D eigenvalue weighted by molar-refractivity contribution is -0.160. The van der Waals surface area contributed by atoms with E-state index in [1.165, 1.54) is 6.42 Å². The molecule has 2 saturated heterocycles. The summed E-state index contributed by atoms with van der Waals surface area (Å²) in [6, 6.07) is 0.0827. The van der Waals surface area contributed by atoms with Crippen LogP contribution in [0.1, 0.15) is 91.9 Å². The molecule has 6 aliphatic rings. The second-order valence-corrected chi connectivity index (χ2v) is 15.0. The van der Waals surface area contributed by atoms with Gasteiger partial charge < -0.3 is 20.5 Å². The molecule has 2 amide bonds. The first-order chi connectivity index (χ1) is 19.0. The molecule has 4 saturated carbocycles. The molecule has 0 unspecified atom stereocenters. The van der Waals surface area contributed by atoms with Crippen molar-refractivity contribution < 1.29 is 24.2 Å². The molecule has 40 heavy (non-hydrogen) atoms. The van der Waals surface area contributed by atoms with Crippen LogP contribution in [0.5, 0.6) is 0 Å². The molecular weight excluding hydrogens is 506 g/mol.